The van der Waals surface area contributed by atoms with Crippen LogP contribution >= 0.6 is 15.9 Å². The van der Waals surface area contributed by atoms with Gasteiger partial charge in [-0.15, -0.1) is 0 Å². The smallest absolute Gasteiger partial charge is 0.254 e. The second-order valence-electron chi connectivity index (χ2n) is 7.73. The zero-order valence-electron chi connectivity index (χ0n) is 17.1. The maximum absolute atomic E-state index is 12.6. The number of nitrogens with zero attached hydrogens (tertiary/aromatic N) is 4. The molecule has 1 fully saturated rings. The summed E-state index contributed by atoms with van der Waals surface area (Å²) in [6.07, 6.45) is 3.35. The van der Waals surface area contributed by atoms with Crippen molar-refractivity contribution >= 4 is 21.8 Å². The number of halogens is 1. The van der Waals surface area contributed by atoms with Gasteiger partial charge in [0.2, 0.25) is 0 Å². The lowest BCUT2D eigenvalue weighted by Gasteiger charge is -2.32. The van der Waals surface area contributed by atoms with Crippen molar-refractivity contribution in [1.82, 2.24) is 24.9 Å². The molecule has 1 N–H and O–H groups in total. The van der Waals surface area contributed by atoms with Gasteiger partial charge in [-0.3, -0.25) is 9.69 Å². The van der Waals surface area contributed by atoms with Crippen molar-refractivity contribution in [2.75, 3.05) is 33.2 Å². The molecular weight excluding hydrogens is 442 g/mol. The van der Waals surface area contributed by atoms with E-state index in [9.17, 15) is 4.79 Å². The Morgan fingerprint density at radius 2 is 1.80 bits per heavy atom. The van der Waals surface area contributed by atoms with Gasteiger partial charge in [0, 0.05) is 49.9 Å². The Balaban J connectivity index is 1.33. The van der Waals surface area contributed by atoms with Crippen LogP contribution in [-0.4, -0.2) is 58.7 Å². The van der Waals surface area contributed by atoms with Crippen LogP contribution in [0.4, 0.5) is 0 Å². The molecule has 30 heavy (non-hydrogen) atoms. The van der Waals surface area contributed by atoms with E-state index < -0.39 is 0 Å². The largest absolute Gasteiger partial charge is 0.348 e. The van der Waals surface area contributed by atoms with E-state index in [-0.39, 0.29) is 5.91 Å². The Bertz CT molecular complexity index is 993. The van der Waals surface area contributed by atoms with Gasteiger partial charge in [0.25, 0.3) is 5.91 Å². The van der Waals surface area contributed by atoms with E-state index in [0.717, 1.165) is 48.4 Å². The van der Waals surface area contributed by atoms with Gasteiger partial charge in [-0.05, 0) is 42.4 Å². The Morgan fingerprint density at radius 1 is 1.07 bits per heavy atom. The Hall–Kier alpha value is -2.48. The highest BCUT2D eigenvalue weighted by Gasteiger charge is 2.14. The minimum atomic E-state index is -0.122. The SMILES string of the molecule is CN1CCN(Cc2cccc(CNC(=O)c3cnn(-c4ccc(Br)cc4)c3)c2)CC1. The molecule has 4 rings (SSSR count). The molecule has 156 valence electrons. The average Bonchev–Trinajstić information content (AvgIpc) is 3.25. The van der Waals surface area contributed by atoms with E-state index in [1.807, 2.05) is 24.3 Å². The highest BCUT2D eigenvalue weighted by molar-refractivity contribution is 9.10. The summed E-state index contributed by atoms with van der Waals surface area (Å²) in [5.41, 5.74) is 3.85. The molecule has 1 aliphatic rings. The number of rotatable bonds is 6. The molecule has 0 saturated carbocycles. The zero-order valence-corrected chi connectivity index (χ0v) is 18.7. The Labute approximate surface area is 185 Å². The number of piperazine rings is 1. The van der Waals surface area contributed by atoms with Gasteiger partial charge >= 0.3 is 0 Å². The maximum Gasteiger partial charge on any atom is 0.254 e. The van der Waals surface area contributed by atoms with Crippen LogP contribution in [0.1, 0.15) is 21.5 Å². The summed E-state index contributed by atoms with van der Waals surface area (Å²) < 4.78 is 2.71. The molecule has 2 aromatic carbocycles. The first kappa shape index (κ1) is 20.8. The third kappa shape index (κ3) is 5.36. The van der Waals surface area contributed by atoms with Gasteiger partial charge in [0.1, 0.15) is 0 Å². The minimum Gasteiger partial charge on any atom is -0.348 e. The van der Waals surface area contributed by atoms with Crippen molar-refractivity contribution in [2.24, 2.45) is 0 Å². The first-order chi connectivity index (χ1) is 14.6. The Morgan fingerprint density at radius 3 is 2.57 bits per heavy atom. The summed E-state index contributed by atoms with van der Waals surface area (Å²) in [5.74, 6) is -0.122. The maximum atomic E-state index is 12.6. The number of likely N-dealkylation sites (N-methyl/N-ethyl adjacent to an activating group) is 1. The molecule has 7 heteroatoms. The van der Waals surface area contributed by atoms with Crippen molar-refractivity contribution in [3.8, 4) is 5.69 Å². The van der Waals surface area contributed by atoms with E-state index in [1.54, 1.807) is 17.1 Å². The molecule has 1 aliphatic heterocycles. The quantitative estimate of drug-likeness (QED) is 0.603. The number of carbonyl (C=O) groups excluding carboxylic acids is 1. The first-order valence-corrected chi connectivity index (χ1v) is 10.9. The van der Waals surface area contributed by atoms with E-state index in [2.05, 4.69) is 67.5 Å². The van der Waals surface area contributed by atoms with E-state index in [1.165, 1.54) is 5.56 Å². The van der Waals surface area contributed by atoms with Gasteiger partial charge in [0.15, 0.2) is 0 Å². The fraction of sp³-hybridized carbons (Fsp3) is 0.304. The molecular formula is C23H26BrN5O. The molecule has 2 heterocycles. The van der Waals surface area contributed by atoms with Crippen molar-refractivity contribution < 1.29 is 4.79 Å². The van der Waals surface area contributed by atoms with E-state index >= 15 is 0 Å². The van der Waals surface area contributed by atoms with Gasteiger partial charge in [-0.2, -0.15) is 5.10 Å². The molecule has 6 nitrogen and oxygen atoms in total. The van der Waals surface area contributed by atoms with Crippen LogP contribution < -0.4 is 5.32 Å². The summed E-state index contributed by atoms with van der Waals surface area (Å²) in [6.45, 7) is 5.88. The van der Waals surface area contributed by atoms with Gasteiger partial charge in [0.05, 0.1) is 17.4 Å². The molecule has 0 radical (unpaired) electrons. The topological polar surface area (TPSA) is 53.4 Å². The normalized spacial score (nSPS) is 15.3. The predicted octanol–water partition coefficient (Wildman–Crippen LogP) is 3.31. The molecule has 1 saturated heterocycles. The van der Waals surface area contributed by atoms with Crippen molar-refractivity contribution in [3.05, 3.63) is 82.1 Å². The molecule has 0 atom stereocenters. The number of benzene rings is 2. The summed E-state index contributed by atoms with van der Waals surface area (Å²) >= 11 is 3.43. The molecule has 0 bridgehead atoms. The molecule has 1 amide bonds. The number of amides is 1. The lowest BCUT2D eigenvalue weighted by molar-refractivity contribution is 0.0951. The van der Waals surface area contributed by atoms with Crippen LogP contribution in [0.15, 0.2) is 65.4 Å². The third-order valence-electron chi connectivity index (χ3n) is 5.38. The fourth-order valence-electron chi connectivity index (χ4n) is 3.56. The van der Waals surface area contributed by atoms with Crippen molar-refractivity contribution in [3.63, 3.8) is 0 Å². The lowest BCUT2D eigenvalue weighted by atomic mass is 10.1. The van der Waals surface area contributed by atoms with Gasteiger partial charge < -0.3 is 10.2 Å². The number of nitrogens with one attached hydrogen (secondary N) is 1. The fourth-order valence-corrected chi connectivity index (χ4v) is 3.83. The summed E-state index contributed by atoms with van der Waals surface area (Å²) in [7, 11) is 2.17. The van der Waals surface area contributed by atoms with Crippen LogP contribution in [0.5, 0.6) is 0 Å². The lowest BCUT2D eigenvalue weighted by Crippen LogP contribution is -2.43. The number of carbonyl (C=O) groups is 1. The summed E-state index contributed by atoms with van der Waals surface area (Å²) in [5, 5.41) is 7.31. The van der Waals surface area contributed by atoms with E-state index in [0.29, 0.717) is 12.1 Å². The molecule has 1 aromatic heterocycles. The molecule has 3 aromatic rings. The first-order valence-electron chi connectivity index (χ1n) is 10.1. The second-order valence-corrected chi connectivity index (χ2v) is 8.65. The standard InChI is InChI=1S/C23H26BrN5O/c1-27-9-11-28(12-10-27)16-19-4-2-3-18(13-19)14-25-23(30)20-15-26-29(17-20)22-7-5-21(24)6-8-22/h2-8,13,15,17H,9-12,14,16H2,1H3,(H,25,30). The average molecular weight is 468 g/mol. The van der Waals surface area contributed by atoms with Crippen LogP contribution in [0, 0.1) is 0 Å². The predicted molar refractivity (Wildman–Crippen MR) is 122 cm³/mol. The van der Waals surface area contributed by atoms with Crippen molar-refractivity contribution in [2.45, 2.75) is 13.1 Å². The number of hydrogen-bond donors (Lipinski definition) is 1. The second kappa shape index (κ2) is 9.55. The van der Waals surface area contributed by atoms with Crippen LogP contribution in [0.3, 0.4) is 0 Å². The summed E-state index contributed by atoms with van der Waals surface area (Å²) in [6, 6.07) is 16.3. The zero-order chi connectivity index (χ0) is 20.9. The molecule has 0 unspecified atom stereocenters. The van der Waals surface area contributed by atoms with Crippen LogP contribution in [0.25, 0.3) is 5.69 Å². The highest BCUT2D eigenvalue weighted by Crippen LogP contribution is 2.14. The van der Waals surface area contributed by atoms with Gasteiger partial charge in [-0.1, -0.05) is 40.2 Å². The molecule has 0 aliphatic carbocycles. The van der Waals surface area contributed by atoms with Crippen LogP contribution in [-0.2, 0) is 13.1 Å². The number of aromatic nitrogens is 2. The molecule has 0 spiro atoms. The van der Waals surface area contributed by atoms with Gasteiger partial charge in [-0.25, -0.2) is 4.68 Å². The van der Waals surface area contributed by atoms with E-state index in [4.69, 9.17) is 0 Å². The van der Waals surface area contributed by atoms with Crippen LogP contribution in [0.2, 0.25) is 0 Å². The number of hydrogen-bond acceptors (Lipinski definition) is 4. The third-order valence-corrected chi connectivity index (χ3v) is 5.91. The summed E-state index contributed by atoms with van der Waals surface area (Å²) in [4.78, 5) is 17.4. The minimum absolute atomic E-state index is 0.122. The highest BCUT2D eigenvalue weighted by atomic mass is 79.9. The monoisotopic (exact) mass is 467 g/mol. The Kier molecular flexibility index (Phi) is 6.62. The van der Waals surface area contributed by atoms with Crippen molar-refractivity contribution in [1.29, 1.82) is 0 Å².